The van der Waals surface area contributed by atoms with Crippen LogP contribution in [0.2, 0.25) is 0 Å². The van der Waals surface area contributed by atoms with Gasteiger partial charge in [-0.3, -0.25) is 9.59 Å². The number of para-hydroxylation sites is 1. The number of halogens is 1. The van der Waals surface area contributed by atoms with Gasteiger partial charge in [0.05, 0.1) is 11.6 Å². The number of carboxylic acids is 1. The number of hydrogen-bond donors (Lipinski definition) is 2. The number of carbonyl (C=O) groups is 3. The first-order valence-corrected chi connectivity index (χ1v) is 9.32. The molecule has 1 saturated carbocycles. The van der Waals surface area contributed by atoms with Gasteiger partial charge in [0.1, 0.15) is 5.54 Å². The standard InChI is InChI=1S/C18H21BrN2O4/c19-13-6-2-3-7-14(13)21-11-12(10-15(21)22)16(23)20-18(17(24)25)8-4-1-5-9-18/h2-3,6-7,12H,1,4-5,8-11H2,(H,20,23)(H,24,25)/t12-/m0/s1. The number of nitrogens with one attached hydrogen (secondary N) is 1. The van der Waals surface area contributed by atoms with Gasteiger partial charge in [0.2, 0.25) is 11.8 Å². The van der Waals surface area contributed by atoms with E-state index in [1.165, 1.54) is 0 Å². The molecule has 0 bridgehead atoms. The number of anilines is 1. The molecule has 1 aromatic carbocycles. The van der Waals surface area contributed by atoms with Crippen LogP contribution in [-0.4, -0.2) is 35.0 Å². The highest BCUT2D eigenvalue weighted by Gasteiger charge is 2.44. The van der Waals surface area contributed by atoms with Crippen LogP contribution in [0.5, 0.6) is 0 Å². The topological polar surface area (TPSA) is 86.7 Å². The largest absolute Gasteiger partial charge is 0.480 e. The summed E-state index contributed by atoms with van der Waals surface area (Å²) in [6, 6.07) is 7.36. The summed E-state index contributed by atoms with van der Waals surface area (Å²) in [5.74, 6) is -1.97. The van der Waals surface area contributed by atoms with E-state index >= 15 is 0 Å². The number of carbonyl (C=O) groups excluding carboxylic acids is 2. The van der Waals surface area contributed by atoms with Crippen LogP contribution in [0.15, 0.2) is 28.7 Å². The van der Waals surface area contributed by atoms with Crippen molar-refractivity contribution in [2.45, 2.75) is 44.1 Å². The van der Waals surface area contributed by atoms with Crippen molar-refractivity contribution in [3.63, 3.8) is 0 Å². The van der Waals surface area contributed by atoms with Crippen LogP contribution in [-0.2, 0) is 14.4 Å². The molecule has 134 valence electrons. The average molecular weight is 409 g/mol. The summed E-state index contributed by atoms with van der Waals surface area (Å²) in [6.07, 6.45) is 3.56. The van der Waals surface area contributed by atoms with Crippen LogP contribution in [0.3, 0.4) is 0 Å². The zero-order valence-electron chi connectivity index (χ0n) is 13.8. The highest BCUT2D eigenvalue weighted by atomic mass is 79.9. The van der Waals surface area contributed by atoms with Crippen LogP contribution in [0.4, 0.5) is 5.69 Å². The van der Waals surface area contributed by atoms with E-state index in [-0.39, 0.29) is 24.8 Å². The summed E-state index contributed by atoms with van der Waals surface area (Å²) in [6.45, 7) is 0.267. The number of carboxylic acid groups (broad SMARTS) is 1. The maximum absolute atomic E-state index is 12.7. The molecule has 6 nitrogen and oxygen atoms in total. The molecule has 2 amide bonds. The number of nitrogens with zero attached hydrogens (tertiary/aromatic N) is 1. The summed E-state index contributed by atoms with van der Waals surface area (Å²) in [5.41, 5.74) is -0.451. The van der Waals surface area contributed by atoms with Crippen molar-refractivity contribution < 1.29 is 19.5 Å². The maximum atomic E-state index is 12.7. The molecule has 2 N–H and O–H groups in total. The van der Waals surface area contributed by atoms with E-state index in [0.717, 1.165) is 29.4 Å². The van der Waals surface area contributed by atoms with Crippen molar-refractivity contribution in [1.82, 2.24) is 5.32 Å². The molecular weight excluding hydrogens is 388 g/mol. The molecule has 0 aromatic heterocycles. The summed E-state index contributed by atoms with van der Waals surface area (Å²) in [7, 11) is 0. The Balaban J connectivity index is 1.72. The molecule has 0 unspecified atom stereocenters. The van der Waals surface area contributed by atoms with Gasteiger partial charge in [-0.25, -0.2) is 4.79 Å². The molecule has 1 saturated heterocycles. The van der Waals surface area contributed by atoms with Crippen LogP contribution in [0.25, 0.3) is 0 Å². The first-order chi connectivity index (χ1) is 11.9. The second-order valence-corrected chi connectivity index (χ2v) is 7.65. The molecule has 1 heterocycles. The fraction of sp³-hybridized carbons (Fsp3) is 0.500. The quantitative estimate of drug-likeness (QED) is 0.801. The highest BCUT2D eigenvalue weighted by molar-refractivity contribution is 9.10. The Morgan fingerprint density at radius 3 is 2.52 bits per heavy atom. The lowest BCUT2D eigenvalue weighted by molar-refractivity contribution is -0.149. The molecule has 3 rings (SSSR count). The fourth-order valence-corrected chi connectivity index (χ4v) is 4.17. The third-order valence-corrected chi connectivity index (χ3v) is 5.79. The zero-order valence-corrected chi connectivity index (χ0v) is 15.4. The van der Waals surface area contributed by atoms with Crippen molar-refractivity contribution in [3.05, 3.63) is 28.7 Å². The minimum atomic E-state index is -1.18. The van der Waals surface area contributed by atoms with Crippen LogP contribution < -0.4 is 10.2 Å². The molecule has 0 spiro atoms. The lowest BCUT2D eigenvalue weighted by Gasteiger charge is -2.34. The van der Waals surface area contributed by atoms with Crippen LogP contribution >= 0.6 is 15.9 Å². The normalized spacial score (nSPS) is 22.7. The van der Waals surface area contributed by atoms with E-state index in [0.29, 0.717) is 12.8 Å². The summed E-state index contributed by atoms with van der Waals surface area (Å²) in [4.78, 5) is 38.3. The molecule has 1 aliphatic heterocycles. The van der Waals surface area contributed by atoms with Crippen molar-refractivity contribution in [3.8, 4) is 0 Å². The molecular formula is C18H21BrN2O4. The lowest BCUT2D eigenvalue weighted by Crippen LogP contribution is -2.57. The molecule has 0 radical (unpaired) electrons. The molecule has 2 fully saturated rings. The summed E-state index contributed by atoms with van der Waals surface area (Å²) < 4.78 is 0.790. The van der Waals surface area contributed by atoms with Gasteiger partial charge >= 0.3 is 5.97 Å². The van der Waals surface area contributed by atoms with E-state index in [1.54, 1.807) is 4.90 Å². The minimum absolute atomic E-state index is 0.100. The Kier molecular flexibility index (Phi) is 5.13. The molecule has 1 aliphatic carbocycles. The molecule has 25 heavy (non-hydrogen) atoms. The monoisotopic (exact) mass is 408 g/mol. The molecule has 1 aromatic rings. The molecule has 7 heteroatoms. The second-order valence-electron chi connectivity index (χ2n) is 6.79. The van der Waals surface area contributed by atoms with E-state index in [9.17, 15) is 19.5 Å². The van der Waals surface area contributed by atoms with Gasteiger partial charge in [0.15, 0.2) is 0 Å². The number of amides is 2. The van der Waals surface area contributed by atoms with Crippen molar-refractivity contribution in [2.24, 2.45) is 5.92 Å². The third kappa shape index (κ3) is 3.56. The Bertz CT molecular complexity index is 700. The van der Waals surface area contributed by atoms with Crippen molar-refractivity contribution >= 4 is 39.4 Å². The average Bonchev–Trinajstić information content (AvgIpc) is 2.98. The highest BCUT2D eigenvalue weighted by Crippen LogP contribution is 2.33. The first-order valence-electron chi connectivity index (χ1n) is 8.53. The smallest absolute Gasteiger partial charge is 0.329 e. The summed E-state index contributed by atoms with van der Waals surface area (Å²) >= 11 is 3.43. The minimum Gasteiger partial charge on any atom is -0.480 e. The van der Waals surface area contributed by atoms with Gasteiger partial charge in [-0.05, 0) is 40.9 Å². The molecule has 2 aliphatic rings. The fourth-order valence-electron chi connectivity index (χ4n) is 3.67. The van der Waals surface area contributed by atoms with E-state index in [2.05, 4.69) is 21.2 Å². The van der Waals surface area contributed by atoms with E-state index in [4.69, 9.17) is 0 Å². The van der Waals surface area contributed by atoms with Crippen LogP contribution in [0, 0.1) is 5.92 Å². The predicted octanol–water partition coefficient (Wildman–Crippen LogP) is 2.71. The van der Waals surface area contributed by atoms with Gasteiger partial charge < -0.3 is 15.3 Å². The third-order valence-electron chi connectivity index (χ3n) is 5.12. The van der Waals surface area contributed by atoms with Gasteiger partial charge in [0.25, 0.3) is 0 Å². The Labute approximate surface area is 154 Å². The van der Waals surface area contributed by atoms with E-state index < -0.39 is 17.4 Å². The molecule has 1 atom stereocenters. The van der Waals surface area contributed by atoms with Gasteiger partial charge in [-0.2, -0.15) is 0 Å². The van der Waals surface area contributed by atoms with E-state index in [1.807, 2.05) is 24.3 Å². The van der Waals surface area contributed by atoms with Crippen LogP contribution in [0.1, 0.15) is 38.5 Å². The Morgan fingerprint density at radius 2 is 1.88 bits per heavy atom. The Hall–Kier alpha value is -1.89. The number of hydrogen-bond acceptors (Lipinski definition) is 3. The lowest BCUT2D eigenvalue weighted by atomic mass is 9.81. The maximum Gasteiger partial charge on any atom is 0.329 e. The predicted molar refractivity (Wildman–Crippen MR) is 96.2 cm³/mol. The van der Waals surface area contributed by atoms with Crippen molar-refractivity contribution in [2.75, 3.05) is 11.4 Å². The second kappa shape index (κ2) is 7.15. The SMILES string of the molecule is O=C(NC1(C(=O)O)CCCCC1)[C@H]1CC(=O)N(c2ccccc2Br)C1. The number of aliphatic carboxylic acids is 1. The van der Waals surface area contributed by atoms with Gasteiger partial charge in [0, 0.05) is 17.4 Å². The number of benzene rings is 1. The first kappa shape index (κ1) is 17.9. The van der Waals surface area contributed by atoms with Gasteiger partial charge in [-0.1, -0.05) is 31.4 Å². The van der Waals surface area contributed by atoms with Crippen molar-refractivity contribution in [1.29, 1.82) is 0 Å². The number of rotatable bonds is 4. The summed E-state index contributed by atoms with van der Waals surface area (Å²) in [5, 5.41) is 12.4. The zero-order chi connectivity index (χ0) is 18.0. The van der Waals surface area contributed by atoms with Gasteiger partial charge in [-0.15, -0.1) is 0 Å². The Morgan fingerprint density at radius 1 is 1.20 bits per heavy atom.